The van der Waals surface area contributed by atoms with Gasteiger partial charge in [0.2, 0.25) is 5.91 Å². The topological polar surface area (TPSA) is 66.0 Å². The van der Waals surface area contributed by atoms with Gasteiger partial charge in [0, 0.05) is 32.1 Å². The highest BCUT2D eigenvalue weighted by molar-refractivity contribution is 5.81. The van der Waals surface area contributed by atoms with Crippen LogP contribution in [0, 0.1) is 5.41 Å². The fourth-order valence-corrected chi connectivity index (χ4v) is 2.19. The SMILES string of the molecule is CCNC(=NCCNC(=O)C(C)(C)C)N(C)Cc1ccc(OC(F)F)cc1. The molecule has 6 nitrogen and oxygen atoms in total. The van der Waals surface area contributed by atoms with Crippen LogP contribution in [0.2, 0.25) is 0 Å². The van der Waals surface area contributed by atoms with E-state index in [1.807, 2.05) is 39.6 Å². The lowest BCUT2D eigenvalue weighted by atomic mass is 9.96. The molecule has 0 bridgehead atoms. The molecule has 0 spiro atoms. The van der Waals surface area contributed by atoms with Crippen molar-refractivity contribution in [1.29, 1.82) is 0 Å². The summed E-state index contributed by atoms with van der Waals surface area (Å²) in [4.78, 5) is 18.3. The van der Waals surface area contributed by atoms with E-state index in [2.05, 4.69) is 20.4 Å². The van der Waals surface area contributed by atoms with E-state index in [1.54, 1.807) is 12.1 Å². The number of nitrogens with zero attached hydrogens (tertiary/aromatic N) is 2. The van der Waals surface area contributed by atoms with Gasteiger partial charge in [-0.05, 0) is 24.6 Å². The highest BCUT2D eigenvalue weighted by atomic mass is 19.3. The third-order valence-corrected chi connectivity index (χ3v) is 3.60. The predicted molar refractivity (Wildman–Crippen MR) is 103 cm³/mol. The van der Waals surface area contributed by atoms with Crippen LogP contribution in [0.4, 0.5) is 8.78 Å². The number of ether oxygens (including phenoxy) is 1. The Labute approximate surface area is 160 Å². The molecule has 0 heterocycles. The molecule has 0 unspecified atom stereocenters. The zero-order valence-corrected chi connectivity index (χ0v) is 16.7. The number of aliphatic imine (C=N–C) groups is 1. The van der Waals surface area contributed by atoms with Crippen molar-refractivity contribution in [3.63, 3.8) is 0 Å². The molecule has 0 aliphatic rings. The molecule has 0 fully saturated rings. The predicted octanol–water partition coefficient (Wildman–Crippen LogP) is 2.85. The fourth-order valence-electron chi connectivity index (χ4n) is 2.19. The molecule has 1 aromatic rings. The molecule has 1 amide bonds. The number of carbonyl (C=O) groups is 1. The third-order valence-electron chi connectivity index (χ3n) is 3.60. The summed E-state index contributed by atoms with van der Waals surface area (Å²) in [7, 11) is 1.89. The van der Waals surface area contributed by atoms with Gasteiger partial charge in [0.25, 0.3) is 0 Å². The van der Waals surface area contributed by atoms with Gasteiger partial charge in [-0.1, -0.05) is 32.9 Å². The van der Waals surface area contributed by atoms with Crippen LogP contribution in [0.1, 0.15) is 33.3 Å². The summed E-state index contributed by atoms with van der Waals surface area (Å²) >= 11 is 0. The molecule has 27 heavy (non-hydrogen) atoms. The number of rotatable bonds is 8. The number of guanidine groups is 1. The summed E-state index contributed by atoms with van der Waals surface area (Å²) in [6, 6.07) is 6.51. The summed E-state index contributed by atoms with van der Waals surface area (Å²) < 4.78 is 28.8. The first kappa shape index (κ1) is 22.7. The van der Waals surface area contributed by atoms with Crippen LogP contribution < -0.4 is 15.4 Å². The molecule has 0 atom stereocenters. The minimum absolute atomic E-state index is 0.0119. The van der Waals surface area contributed by atoms with E-state index in [4.69, 9.17) is 0 Å². The Kier molecular flexibility index (Phi) is 8.97. The Hall–Kier alpha value is -2.38. The van der Waals surface area contributed by atoms with Gasteiger partial charge in [-0.25, -0.2) is 0 Å². The van der Waals surface area contributed by atoms with Crippen molar-refractivity contribution in [2.45, 2.75) is 40.9 Å². The van der Waals surface area contributed by atoms with Crippen molar-refractivity contribution in [3.05, 3.63) is 29.8 Å². The summed E-state index contributed by atoms with van der Waals surface area (Å²) in [6.07, 6.45) is 0. The van der Waals surface area contributed by atoms with Crippen molar-refractivity contribution in [2.24, 2.45) is 10.4 Å². The number of amides is 1. The largest absolute Gasteiger partial charge is 0.435 e. The Morgan fingerprint density at radius 2 is 1.85 bits per heavy atom. The quantitative estimate of drug-likeness (QED) is 0.411. The number of benzene rings is 1. The van der Waals surface area contributed by atoms with Gasteiger partial charge < -0.3 is 20.3 Å². The van der Waals surface area contributed by atoms with E-state index in [1.165, 1.54) is 12.1 Å². The van der Waals surface area contributed by atoms with Crippen molar-refractivity contribution < 1.29 is 18.3 Å². The highest BCUT2D eigenvalue weighted by Gasteiger charge is 2.20. The van der Waals surface area contributed by atoms with Crippen LogP contribution >= 0.6 is 0 Å². The van der Waals surface area contributed by atoms with E-state index in [0.717, 1.165) is 5.56 Å². The molecule has 0 aliphatic heterocycles. The van der Waals surface area contributed by atoms with Crippen molar-refractivity contribution in [3.8, 4) is 5.75 Å². The second kappa shape index (κ2) is 10.7. The summed E-state index contributed by atoms with van der Waals surface area (Å²) in [5.74, 6) is 0.823. The molecular weight excluding hydrogens is 354 g/mol. The van der Waals surface area contributed by atoms with Gasteiger partial charge in [-0.15, -0.1) is 0 Å². The zero-order valence-electron chi connectivity index (χ0n) is 16.7. The molecule has 152 valence electrons. The zero-order chi connectivity index (χ0) is 20.4. The minimum Gasteiger partial charge on any atom is -0.435 e. The average Bonchev–Trinajstić information content (AvgIpc) is 2.57. The van der Waals surface area contributed by atoms with Gasteiger partial charge in [-0.2, -0.15) is 8.78 Å². The van der Waals surface area contributed by atoms with Crippen molar-refractivity contribution >= 4 is 11.9 Å². The van der Waals surface area contributed by atoms with Crippen LogP contribution in [-0.4, -0.2) is 50.1 Å². The molecule has 0 radical (unpaired) electrons. The summed E-state index contributed by atoms with van der Waals surface area (Å²) in [5.41, 5.74) is 0.510. The number of hydrogen-bond donors (Lipinski definition) is 2. The van der Waals surface area contributed by atoms with Crippen LogP contribution in [0.15, 0.2) is 29.3 Å². The first-order valence-corrected chi connectivity index (χ1v) is 8.95. The molecule has 0 saturated heterocycles. The first-order valence-electron chi connectivity index (χ1n) is 8.95. The molecule has 0 aliphatic carbocycles. The Balaban J connectivity index is 2.61. The molecule has 1 rings (SSSR count). The number of nitrogens with one attached hydrogen (secondary N) is 2. The second-order valence-corrected chi connectivity index (χ2v) is 7.12. The Morgan fingerprint density at radius 3 is 2.37 bits per heavy atom. The lowest BCUT2D eigenvalue weighted by Crippen LogP contribution is -2.40. The second-order valence-electron chi connectivity index (χ2n) is 7.12. The Bertz CT molecular complexity index is 613. The van der Waals surface area contributed by atoms with Crippen LogP contribution in [0.25, 0.3) is 0 Å². The highest BCUT2D eigenvalue weighted by Crippen LogP contribution is 2.16. The van der Waals surface area contributed by atoms with Gasteiger partial charge >= 0.3 is 6.61 Å². The third kappa shape index (κ3) is 8.70. The maximum absolute atomic E-state index is 12.2. The number of hydrogen-bond acceptors (Lipinski definition) is 3. The van der Waals surface area contributed by atoms with E-state index in [-0.39, 0.29) is 11.7 Å². The smallest absolute Gasteiger partial charge is 0.387 e. The monoisotopic (exact) mass is 384 g/mol. The van der Waals surface area contributed by atoms with Gasteiger partial charge in [-0.3, -0.25) is 9.79 Å². The van der Waals surface area contributed by atoms with Gasteiger partial charge in [0.15, 0.2) is 5.96 Å². The summed E-state index contributed by atoms with van der Waals surface area (Å²) in [5, 5.41) is 6.06. The van der Waals surface area contributed by atoms with Gasteiger partial charge in [0.1, 0.15) is 5.75 Å². The minimum atomic E-state index is -2.83. The number of halogens is 2. The van der Waals surface area contributed by atoms with E-state index in [9.17, 15) is 13.6 Å². The molecule has 1 aromatic carbocycles. The van der Waals surface area contributed by atoms with E-state index < -0.39 is 12.0 Å². The molecule has 8 heteroatoms. The maximum Gasteiger partial charge on any atom is 0.387 e. The van der Waals surface area contributed by atoms with Crippen LogP contribution in [0.3, 0.4) is 0 Å². The Morgan fingerprint density at radius 1 is 1.22 bits per heavy atom. The van der Waals surface area contributed by atoms with Crippen LogP contribution in [0.5, 0.6) is 5.75 Å². The van der Waals surface area contributed by atoms with Gasteiger partial charge in [0.05, 0.1) is 6.54 Å². The standard InChI is InChI=1S/C19H30F2N4O2/c1-6-22-18(24-12-11-23-16(26)19(2,3)4)25(5)13-14-7-9-15(10-8-14)27-17(20)21/h7-10,17H,6,11-13H2,1-5H3,(H,22,24)(H,23,26). The maximum atomic E-state index is 12.2. The lowest BCUT2D eigenvalue weighted by molar-refractivity contribution is -0.128. The molecule has 0 saturated carbocycles. The summed E-state index contributed by atoms with van der Waals surface area (Å²) in [6.45, 7) is 6.90. The van der Waals surface area contributed by atoms with E-state index in [0.29, 0.717) is 32.1 Å². The number of alkyl halides is 2. The lowest BCUT2D eigenvalue weighted by Gasteiger charge is -2.22. The molecular formula is C19H30F2N4O2. The number of carbonyl (C=O) groups excluding carboxylic acids is 1. The van der Waals surface area contributed by atoms with Crippen LogP contribution in [-0.2, 0) is 11.3 Å². The van der Waals surface area contributed by atoms with Crippen molar-refractivity contribution in [1.82, 2.24) is 15.5 Å². The van der Waals surface area contributed by atoms with Crippen molar-refractivity contribution in [2.75, 3.05) is 26.7 Å². The molecule has 0 aromatic heterocycles. The fraction of sp³-hybridized carbons (Fsp3) is 0.579. The average molecular weight is 384 g/mol. The van der Waals surface area contributed by atoms with E-state index >= 15 is 0 Å². The normalized spacial score (nSPS) is 12.1. The molecule has 2 N–H and O–H groups in total. The first-order chi connectivity index (χ1) is 12.6.